The van der Waals surface area contributed by atoms with Crippen LogP contribution in [0.4, 0.5) is 0 Å². The summed E-state index contributed by atoms with van der Waals surface area (Å²) in [6.07, 6.45) is 6.94. The molecule has 1 aliphatic carbocycles. The number of aromatic nitrogens is 1. The highest BCUT2D eigenvalue weighted by molar-refractivity contribution is 7.09. The summed E-state index contributed by atoms with van der Waals surface area (Å²) < 4.78 is 5.44. The van der Waals surface area contributed by atoms with Gasteiger partial charge in [0.05, 0.1) is 6.04 Å². The van der Waals surface area contributed by atoms with Crippen LogP contribution >= 0.6 is 11.3 Å². The first-order valence-electron chi connectivity index (χ1n) is 6.16. The lowest BCUT2D eigenvalue weighted by molar-refractivity contribution is 0.0532. The van der Waals surface area contributed by atoms with Crippen LogP contribution in [0.15, 0.2) is 11.6 Å². The molecule has 0 amide bonds. The first-order valence-corrected chi connectivity index (χ1v) is 7.04. The number of nitrogens with one attached hydrogen (secondary N) is 1. The van der Waals surface area contributed by atoms with Crippen molar-refractivity contribution in [3.63, 3.8) is 0 Å². The Morgan fingerprint density at radius 2 is 2.12 bits per heavy atom. The van der Waals surface area contributed by atoms with Crippen LogP contribution in [-0.2, 0) is 4.74 Å². The SMILES string of the molecule is c1csc(C(NC2CC2)C2CCOCC2)n1. The van der Waals surface area contributed by atoms with Crippen LogP contribution in [0.2, 0.25) is 0 Å². The van der Waals surface area contributed by atoms with Crippen LogP contribution in [0.3, 0.4) is 0 Å². The van der Waals surface area contributed by atoms with Crippen molar-refractivity contribution in [1.29, 1.82) is 0 Å². The molecule has 2 aliphatic rings. The molecule has 4 heteroatoms. The molecular formula is C12H18N2OS. The predicted octanol–water partition coefficient (Wildman–Crippen LogP) is 2.36. The van der Waals surface area contributed by atoms with Gasteiger partial charge >= 0.3 is 0 Å². The average Bonchev–Trinajstić information content (AvgIpc) is 3.00. The Bertz CT molecular complexity index is 318. The Balaban J connectivity index is 1.71. The smallest absolute Gasteiger partial charge is 0.110 e. The Hall–Kier alpha value is -0.450. The van der Waals surface area contributed by atoms with E-state index in [1.165, 1.54) is 30.7 Å². The second-order valence-corrected chi connectivity index (χ2v) is 5.66. The van der Waals surface area contributed by atoms with Gasteiger partial charge in [-0.05, 0) is 31.6 Å². The van der Waals surface area contributed by atoms with Crippen molar-refractivity contribution in [3.05, 3.63) is 16.6 Å². The quantitative estimate of drug-likeness (QED) is 0.874. The van der Waals surface area contributed by atoms with Crippen molar-refractivity contribution in [2.24, 2.45) is 5.92 Å². The molecule has 1 aliphatic heterocycles. The standard InChI is InChI=1S/C12H18N2OS/c1-2-10(1)14-11(12-13-5-8-16-12)9-3-6-15-7-4-9/h5,8-11,14H,1-4,6-7H2. The van der Waals surface area contributed by atoms with Gasteiger partial charge < -0.3 is 10.1 Å². The number of rotatable bonds is 4. The summed E-state index contributed by atoms with van der Waals surface area (Å²) >= 11 is 1.78. The summed E-state index contributed by atoms with van der Waals surface area (Å²) in [5, 5.41) is 7.10. The zero-order chi connectivity index (χ0) is 10.8. The predicted molar refractivity (Wildman–Crippen MR) is 64.6 cm³/mol. The third-order valence-corrected chi connectivity index (χ3v) is 4.31. The van der Waals surface area contributed by atoms with E-state index in [0.29, 0.717) is 12.0 Å². The van der Waals surface area contributed by atoms with Gasteiger partial charge in [-0.15, -0.1) is 11.3 Å². The van der Waals surface area contributed by atoms with Gasteiger partial charge in [-0.1, -0.05) is 0 Å². The van der Waals surface area contributed by atoms with Crippen molar-refractivity contribution >= 4 is 11.3 Å². The van der Waals surface area contributed by atoms with E-state index in [1.54, 1.807) is 11.3 Å². The summed E-state index contributed by atoms with van der Waals surface area (Å²) in [5.41, 5.74) is 0. The number of nitrogens with zero attached hydrogens (tertiary/aromatic N) is 1. The van der Waals surface area contributed by atoms with Crippen LogP contribution in [-0.4, -0.2) is 24.2 Å². The Morgan fingerprint density at radius 3 is 2.75 bits per heavy atom. The average molecular weight is 238 g/mol. The molecule has 3 rings (SSSR count). The molecule has 1 unspecified atom stereocenters. The molecular weight excluding hydrogens is 220 g/mol. The normalized spacial score (nSPS) is 24.5. The minimum absolute atomic E-state index is 0.469. The maximum absolute atomic E-state index is 5.44. The fourth-order valence-corrected chi connectivity index (χ4v) is 3.14. The van der Waals surface area contributed by atoms with Crippen molar-refractivity contribution in [1.82, 2.24) is 10.3 Å². The van der Waals surface area contributed by atoms with E-state index < -0.39 is 0 Å². The van der Waals surface area contributed by atoms with Gasteiger partial charge in [0, 0.05) is 30.8 Å². The molecule has 1 aromatic heterocycles. The lowest BCUT2D eigenvalue weighted by Gasteiger charge is -2.29. The largest absolute Gasteiger partial charge is 0.381 e. The summed E-state index contributed by atoms with van der Waals surface area (Å²) in [6.45, 7) is 1.83. The molecule has 1 saturated carbocycles. The molecule has 16 heavy (non-hydrogen) atoms. The van der Waals surface area contributed by atoms with Gasteiger partial charge in [-0.2, -0.15) is 0 Å². The highest BCUT2D eigenvalue weighted by atomic mass is 32.1. The Labute approximate surface area is 100 Å². The minimum Gasteiger partial charge on any atom is -0.381 e. The molecule has 0 radical (unpaired) electrons. The lowest BCUT2D eigenvalue weighted by Crippen LogP contribution is -2.33. The van der Waals surface area contributed by atoms with Crippen LogP contribution < -0.4 is 5.32 Å². The van der Waals surface area contributed by atoms with E-state index in [9.17, 15) is 0 Å². The Kier molecular flexibility index (Phi) is 3.22. The number of thiazole rings is 1. The van der Waals surface area contributed by atoms with Gasteiger partial charge in [-0.25, -0.2) is 4.98 Å². The van der Waals surface area contributed by atoms with Crippen molar-refractivity contribution in [2.45, 2.75) is 37.8 Å². The minimum atomic E-state index is 0.469. The van der Waals surface area contributed by atoms with Crippen LogP contribution in [0.5, 0.6) is 0 Å². The first kappa shape index (κ1) is 10.7. The summed E-state index contributed by atoms with van der Waals surface area (Å²) in [4.78, 5) is 4.49. The number of hydrogen-bond acceptors (Lipinski definition) is 4. The maximum Gasteiger partial charge on any atom is 0.110 e. The highest BCUT2D eigenvalue weighted by Crippen LogP contribution is 2.34. The molecule has 1 saturated heterocycles. The van der Waals surface area contributed by atoms with Gasteiger partial charge in [-0.3, -0.25) is 0 Å². The highest BCUT2D eigenvalue weighted by Gasteiger charge is 2.32. The van der Waals surface area contributed by atoms with Crippen LogP contribution in [0.1, 0.15) is 36.7 Å². The lowest BCUT2D eigenvalue weighted by atomic mass is 9.92. The van der Waals surface area contributed by atoms with Gasteiger partial charge in [0.25, 0.3) is 0 Å². The first-order chi connectivity index (χ1) is 7.93. The van der Waals surface area contributed by atoms with E-state index in [0.717, 1.165) is 19.3 Å². The number of ether oxygens (including phenoxy) is 1. The molecule has 1 N–H and O–H groups in total. The zero-order valence-corrected chi connectivity index (χ0v) is 10.2. The van der Waals surface area contributed by atoms with Crippen molar-refractivity contribution < 1.29 is 4.74 Å². The second kappa shape index (κ2) is 4.82. The number of hydrogen-bond donors (Lipinski definition) is 1. The van der Waals surface area contributed by atoms with Crippen LogP contribution in [0, 0.1) is 5.92 Å². The molecule has 1 atom stereocenters. The van der Waals surface area contributed by atoms with E-state index in [-0.39, 0.29) is 0 Å². The summed E-state index contributed by atoms with van der Waals surface area (Å²) in [5.74, 6) is 0.709. The molecule has 1 aromatic rings. The van der Waals surface area contributed by atoms with E-state index in [2.05, 4.69) is 15.7 Å². The summed E-state index contributed by atoms with van der Waals surface area (Å²) in [6, 6.07) is 1.22. The molecule has 2 heterocycles. The van der Waals surface area contributed by atoms with E-state index in [4.69, 9.17) is 4.74 Å². The molecule has 0 bridgehead atoms. The Morgan fingerprint density at radius 1 is 1.31 bits per heavy atom. The molecule has 0 spiro atoms. The van der Waals surface area contributed by atoms with Crippen LogP contribution in [0.25, 0.3) is 0 Å². The third-order valence-electron chi connectivity index (χ3n) is 3.45. The van der Waals surface area contributed by atoms with Crippen molar-refractivity contribution in [3.8, 4) is 0 Å². The van der Waals surface area contributed by atoms with Gasteiger partial charge in [0.1, 0.15) is 5.01 Å². The van der Waals surface area contributed by atoms with E-state index >= 15 is 0 Å². The second-order valence-electron chi connectivity index (χ2n) is 4.74. The van der Waals surface area contributed by atoms with Gasteiger partial charge in [0.2, 0.25) is 0 Å². The molecule has 3 nitrogen and oxygen atoms in total. The monoisotopic (exact) mass is 238 g/mol. The maximum atomic E-state index is 5.44. The fourth-order valence-electron chi connectivity index (χ4n) is 2.35. The van der Waals surface area contributed by atoms with Crippen molar-refractivity contribution in [2.75, 3.05) is 13.2 Å². The third kappa shape index (κ3) is 2.44. The molecule has 2 fully saturated rings. The van der Waals surface area contributed by atoms with Gasteiger partial charge in [0.15, 0.2) is 0 Å². The zero-order valence-electron chi connectivity index (χ0n) is 9.39. The fraction of sp³-hybridized carbons (Fsp3) is 0.750. The van der Waals surface area contributed by atoms with E-state index in [1.807, 2.05) is 6.20 Å². The summed E-state index contributed by atoms with van der Waals surface area (Å²) in [7, 11) is 0. The molecule has 88 valence electrons. The molecule has 0 aromatic carbocycles. The topological polar surface area (TPSA) is 34.1 Å².